The summed E-state index contributed by atoms with van der Waals surface area (Å²) in [5.74, 6) is 1.55. The summed E-state index contributed by atoms with van der Waals surface area (Å²) in [6, 6.07) is 2.44. The lowest BCUT2D eigenvalue weighted by Crippen LogP contribution is -2.34. The number of aromatic nitrogens is 5. The average Bonchev–Trinajstić information content (AvgIpc) is 3.41. The molecule has 3 N–H and O–H groups in total. The number of aryl methyl sites for hydroxylation is 1. The zero-order chi connectivity index (χ0) is 21.6. The first-order valence-corrected chi connectivity index (χ1v) is 10.5. The largest absolute Gasteiger partial charge is 0.383 e. The van der Waals surface area contributed by atoms with Gasteiger partial charge in [-0.15, -0.1) is 0 Å². The molecule has 3 aromatic heterocycles. The molecule has 2 atom stereocenters. The minimum Gasteiger partial charge on any atom is -0.383 e. The van der Waals surface area contributed by atoms with Crippen LogP contribution in [0.15, 0.2) is 17.1 Å². The second kappa shape index (κ2) is 7.79. The molecule has 1 saturated heterocycles. The van der Waals surface area contributed by atoms with Crippen LogP contribution in [0, 0.1) is 5.92 Å². The molecule has 0 aromatic carbocycles. The molecule has 1 fully saturated rings. The summed E-state index contributed by atoms with van der Waals surface area (Å²) in [6.07, 6.45) is 4.12. The Bertz CT molecular complexity index is 1110. The summed E-state index contributed by atoms with van der Waals surface area (Å²) in [5.41, 5.74) is 8.16. The van der Waals surface area contributed by atoms with Crippen LogP contribution in [0.1, 0.15) is 39.7 Å². The number of pyridine rings is 1. The van der Waals surface area contributed by atoms with Gasteiger partial charge in [-0.3, -0.25) is 14.6 Å². The van der Waals surface area contributed by atoms with Gasteiger partial charge in [-0.1, -0.05) is 13.8 Å². The van der Waals surface area contributed by atoms with Crippen molar-refractivity contribution in [1.29, 1.82) is 0 Å². The predicted octanol–water partition coefficient (Wildman–Crippen LogP) is 2.54. The van der Waals surface area contributed by atoms with Gasteiger partial charge < -0.3 is 19.9 Å². The van der Waals surface area contributed by atoms with Crippen LogP contribution in [0.5, 0.6) is 0 Å². The molecule has 9 heteroatoms. The van der Waals surface area contributed by atoms with E-state index in [2.05, 4.69) is 35.0 Å². The Morgan fingerprint density at radius 1 is 1.37 bits per heavy atom. The molecule has 0 bridgehead atoms. The average molecular weight is 414 g/mol. The van der Waals surface area contributed by atoms with Crippen LogP contribution >= 0.6 is 0 Å². The third kappa shape index (κ3) is 3.27. The second-order valence-corrected chi connectivity index (χ2v) is 8.55. The number of anilines is 2. The van der Waals surface area contributed by atoms with E-state index in [1.165, 1.54) is 0 Å². The summed E-state index contributed by atoms with van der Waals surface area (Å²) in [7, 11) is 3.69. The van der Waals surface area contributed by atoms with Gasteiger partial charge in [0.25, 0.3) is 5.56 Å². The molecule has 0 aliphatic carbocycles. The summed E-state index contributed by atoms with van der Waals surface area (Å²) in [6.45, 7) is 7.91. The van der Waals surface area contributed by atoms with Gasteiger partial charge >= 0.3 is 0 Å². The Morgan fingerprint density at radius 2 is 2.13 bits per heavy atom. The van der Waals surface area contributed by atoms with Crippen molar-refractivity contribution >= 4 is 22.5 Å². The number of nitrogen functional groups attached to an aromatic ring is 1. The van der Waals surface area contributed by atoms with Crippen molar-refractivity contribution in [3.8, 4) is 11.3 Å². The number of nitrogens with zero attached hydrogens (tertiary/aromatic N) is 5. The Morgan fingerprint density at radius 3 is 2.83 bits per heavy atom. The highest BCUT2D eigenvalue weighted by atomic mass is 16.5. The Kier molecular flexibility index (Phi) is 5.31. The molecule has 162 valence electrons. The molecule has 4 heterocycles. The number of ether oxygens (including phenoxy) is 1. The first-order chi connectivity index (χ1) is 14.3. The maximum absolute atomic E-state index is 13.1. The zero-order valence-corrected chi connectivity index (χ0v) is 18.3. The zero-order valence-electron chi connectivity index (χ0n) is 18.3. The monoisotopic (exact) mass is 413 g/mol. The molecule has 1 unspecified atom stereocenters. The van der Waals surface area contributed by atoms with Crippen molar-refractivity contribution in [2.75, 3.05) is 30.9 Å². The van der Waals surface area contributed by atoms with E-state index in [1.807, 2.05) is 24.9 Å². The van der Waals surface area contributed by atoms with Crippen LogP contribution in [0.2, 0.25) is 0 Å². The molecule has 30 heavy (non-hydrogen) atoms. The van der Waals surface area contributed by atoms with E-state index in [0.29, 0.717) is 29.5 Å². The fourth-order valence-corrected chi connectivity index (χ4v) is 4.34. The first-order valence-electron chi connectivity index (χ1n) is 10.5. The van der Waals surface area contributed by atoms with Gasteiger partial charge in [0.05, 0.1) is 23.9 Å². The van der Waals surface area contributed by atoms with Crippen LogP contribution < -0.4 is 16.2 Å². The van der Waals surface area contributed by atoms with Crippen molar-refractivity contribution in [2.24, 2.45) is 13.0 Å². The van der Waals surface area contributed by atoms with E-state index in [4.69, 9.17) is 15.6 Å². The van der Waals surface area contributed by atoms with Gasteiger partial charge in [0, 0.05) is 44.6 Å². The number of nitrogens with two attached hydrogens (primary N) is 1. The number of aromatic amines is 1. The third-order valence-corrected chi connectivity index (χ3v) is 6.35. The SMILES string of the molecule is COC[C@H]1CCCN1c1cc(-c2cn(C(C)C(C)C)c(=O)c3c(N)n[nH]c23)nn1C. The highest BCUT2D eigenvalue weighted by Gasteiger charge is 2.28. The van der Waals surface area contributed by atoms with Crippen LogP contribution in [-0.4, -0.2) is 50.8 Å². The molecule has 0 radical (unpaired) electrons. The second-order valence-electron chi connectivity index (χ2n) is 8.55. The molecule has 0 spiro atoms. The molecule has 1 aliphatic heterocycles. The lowest BCUT2D eigenvalue weighted by atomic mass is 10.0. The van der Waals surface area contributed by atoms with E-state index < -0.39 is 0 Å². The van der Waals surface area contributed by atoms with Crippen molar-refractivity contribution in [3.05, 3.63) is 22.6 Å². The van der Waals surface area contributed by atoms with Crippen molar-refractivity contribution < 1.29 is 4.74 Å². The Balaban J connectivity index is 1.86. The third-order valence-electron chi connectivity index (χ3n) is 6.35. The van der Waals surface area contributed by atoms with Crippen LogP contribution in [0.3, 0.4) is 0 Å². The predicted molar refractivity (Wildman–Crippen MR) is 119 cm³/mol. The van der Waals surface area contributed by atoms with Gasteiger partial charge in [0.2, 0.25) is 0 Å². The highest BCUT2D eigenvalue weighted by Crippen LogP contribution is 2.33. The molecule has 0 saturated carbocycles. The molecule has 1 aliphatic rings. The van der Waals surface area contributed by atoms with Crippen LogP contribution in [0.25, 0.3) is 22.2 Å². The molecule has 3 aromatic rings. The summed E-state index contributed by atoms with van der Waals surface area (Å²) in [5, 5.41) is 12.3. The van der Waals surface area contributed by atoms with Gasteiger partial charge in [0.1, 0.15) is 11.2 Å². The fraction of sp³-hybridized carbons (Fsp3) is 0.571. The quantitative estimate of drug-likeness (QED) is 0.643. The van der Waals surface area contributed by atoms with E-state index in [-0.39, 0.29) is 17.4 Å². The van der Waals surface area contributed by atoms with Gasteiger partial charge in [-0.2, -0.15) is 10.2 Å². The standard InChI is InChI=1S/C21H31N7O2/c1-12(2)13(3)28-10-15(19-18(21(28)29)20(22)24-23-19)16-9-17(26(4)25-16)27-8-6-7-14(27)11-30-5/h9-10,12-14H,6-8,11H2,1-5H3,(H3,22,23,24)/t13?,14-/m1/s1. The normalized spacial score (nSPS) is 18.1. The van der Waals surface area contributed by atoms with Gasteiger partial charge in [0.15, 0.2) is 5.82 Å². The summed E-state index contributed by atoms with van der Waals surface area (Å²) in [4.78, 5) is 15.5. The van der Waals surface area contributed by atoms with Gasteiger partial charge in [-0.05, 0) is 25.7 Å². The van der Waals surface area contributed by atoms with Crippen LogP contribution in [0.4, 0.5) is 11.6 Å². The number of hydrogen-bond donors (Lipinski definition) is 2. The lowest BCUT2D eigenvalue weighted by Gasteiger charge is -2.25. The van der Waals surface area contributed by atoms with E-state index >= 15 is 0 Å². The molecular formula is C21H31N7O2. The number of hydrogen-bond acceptors (Lipinski definition) is 6. The van der Waals surface area contributed by atoms with E-state index in [1.54, 1.807) is 11.7 Å². The maximum Gasteiger partial charge on any atom is 0.264 e. The van der Waals surface area contributed by atoms with Gasteiger partial charge in [-0.25, -0.2) is 0 Å². The number of H-pyrrole nitrogens is 1. The smallest absolute Gasteiger partial charge is 0.264 e. The van der Waals surface area contributed by atoms with E-state index in [0.717, 1.165) is 36.5 Å². The highest BCUT2D eigenvalue weighted by molar-refractivity contribution is 5.97. The summed E-state index contributed by atoms with van der Waals surface area (Å²) >= 11 is 0. The van der Waals surface area contributed by atoms with Crippen LogP contribution in [-0.2, 0) is 11.8 Å². The maximum atomic E-state index is 13.1. The fourth-order valence-electron chi connectivity index (χ4n) is 4.34. The first kappa shape index (κ1) is 20.5. The van der Waals surface area contributed by atoms with E-state index in [9.17, 15) is 4.79 Å². The Labute approximate surface area is 175 Å². The number of rotatable bonds is 6. The molecule has 9 nitrogen and oxygen atoms in total. The molecular weight excluding hydrogens is 382 g/mol. The molecule has 4 rings (SSSR count). The number of methoxy groups -OCH3 is 1. The number of nitrogens with one attached hydrogen (secondary N) is 1. The lowest BCUT2D eigenvalue weighted by molar-refractivity contribution is 0.180. The minimum atomic E-state index is -0.128. The Hall–Kier alpha value is -2.81. The van der Waals surface area contributed by atoms with Crippen molar-refractivity contribution in [3.63, 3.8) is 0 Å². The topological polar surface area (TPSA) is 107 Å². The van der Waals surface area contributed by atoms with Crippen molar-refractivity contribution in [1.82, 2.24) is 24.5 Å². The molecule has 0 amide bonds. The number of fused-ring (bicyclic) bond motifs is 1. The summed E-state index contributed by atoms with van der Waals surface area (Å²) < 4.78 is 9.07. The minimum absolute atomic E-state index is 0.0165. The van der Waals surface area contributed by atoms with Crippen molar-refractivity contribution in [2.45, 2.75) is 45.7 Å².